The molecule has 3 nitrogen and oxygen atoms in total. The van der Waals surface area contributed by atoms with Crippen LogP contribution in [0.5, 0.6) is 0 Å². The van der Waals surface area contributed by atoms with Crippen molar-refractivity contribution in [3.63, 3.8) is 0 Å². The van der Waals surface area contributed by atoms with Crippen molar-refractivity contribution >= 4 is 0 Å². The smallest absolute Gasteiger partial charge is 0.0622 e. The average molecular weight is 249 g/mol. The number of rotatable bonds is 5. The number of aliphatic hydroxyl groups is 1. The molecule has 100 valence electrons. The Balaban J connectivity index is 1.78. The van der Waals surface area contributed by atoms with Crippen LogP contribution in [-0.2, 0) is 4.74 Å². The molecule has 0 aromatic carbocycles. The molecule has 1 fully saturated rings. The fourth-order valence-corrected chi connectivity index (χ4v) is 2.48. The maximum atomic E-state index is 10.2. The van der Waals surface area contributed by atoms with Crippen molar-refractivity contribution in [2.75, 3.05) is 6.61 Å². The molecule has 0 saturated carbocycles. The van der Waals surface area contributed by atoms with E-state index in [0.29, 0.717) is 6.10 Å². The van der Waals surface area contributed by atoms with Crippen molar-refractivity contribution in [2.45, 2.75) is 57.2 Å². The van der Waals surface area contributed by atoms with Crippen LogP contribution in [0, 0.1) is 0 Å². The Morgan fingerprint density at radius 1 is 1.44 bits per heavy atom. The highest BCUT2D eigenvalue weighted by Gasteiger charge is 2.20. The number of aliphatic hydroxyl groups excluding tert-OH is 1. The average Bonchev–Trinajstić information content (AvgIpc) is 2.46. The molecule has 1 aliphatic rings. The Labute approximate surface area is 109 Å². The largest absolute Gasteiger partial charge is 0.392 e. The van der Waals surface area contributed by atoms with E-state index >= 15 is 0 Å². The topological polar surface area (TPSA) is 42.4 Å². The molecule has 2 heterocycles. The fourth-order valence-electron chi connectivity index (χ4n) is 2.48. The fraction of sp³-hybridized carbons (Fsp3) is 0.667. The van der Waals surface area contributed by atoms with Crippen LogP contribution in [0.15, 0.2) is 24.4 Å². The van der Waals surface area contributed by atoms with E-state index in [9.17, 15) is 5.11 Å². The summed E-state index contributed by atoms with van der Waals surface area (Å²) >= 11 is 0. The minimum absolute atomic E-state index is 0.0924. The van der Waals surface area contributed by atoms with Gasteiger partial charge < -0.3 is 9.84 Å². The van der Waals surface area contributed by atoms with Crippen LogP contribution in [0.4, 0.5) is 0 Å². The van der Waals surface area contributed by atoms with Gasteiger partial charge >= 0.3 is 0 Å². The lowest BCUT2D eigenvalue weighted by Crippen LogP contribution is -2.23. The van der Waals surface area contributed by atoms with Crippen LogP contribution in [0.1, 0.15) is 50.6 Å². The minimum atomic E-state index is -0.328. The zero-order valence-corrected chi connectivity index (χ0v) is 11.1. The summed E-state index contributed by atoms with van der Waals surface area (Å²) in [6.45, 7) is 2.92. The van der Waals surface area contributed by atoms with Crippen LogP contribution >= 0.6 is 0 Å². The Bertz CT molecular complexity index is 336. The third-order valence-electron chi connectivity index (χ3n) is 3.79. The van der Waals surface area contributed by atoms with Gasteiger partial charge in [-0.05, 0) is 44.2 Å². The number of ether oxygens (including phenoxy) is 1. The summed E-state index contributed by atoms with van der Waals surface area (Å²) in [6.07, 6.45) is 7.14. The van der Waals surface area contributed by atoms with Crippen molar-refractivity contribution in [3.8, 4) is 0 Å². The van der Waals surface area contributed by atoms with E-state index in [0.717, 1.165) is 31.6 Å². The van der Waals surface area contributed by atoms with Gasteiger partial charge in [0.1, 0.15) is 0 Å². The van der Waals surface area contributed by atoms with Crippen LogP contribution in [0.25, 0.3) is 0 Å². The molecular weight excluding hydrogens is 226 g/mol. The Hall–Kier alpha value is -0.930. The van der Waals surface area contributed by atoms with E-state index in [-0.39, 0.29) is 12.0 Å². The summed E-state index contributed by atoms with van der Waals surface area (Å²) in [4.78, 5) is 4.30. The van der Waals surface area contributed by atoms with E-state index < -0.39 is 0 Å². The molecule has 0 bridgehead atoms. The lowest BCUT2D eigenvalue weighted by atomic mass is 9.94. The molecule has 1 aliphatic heterocycles. The molecule has 0 aliphatic carbocycles. The summed E-state index contributed by atoms with van der Waals surface area (Å²) in [5, 5.41) is 10.2. The van der Waals surface area contributed by atoms with Crippen LogP contribution in [0.2, 0.25) is 0 Å². The second-order valence-electron chi connectivity index (χ2n) is 5.18. The molecule has 1 N–H and O–H groups in total. The van der Waals surface area contributed by atoms with Gasteiger partial charge in [-0.2, -0.15) is 0 Å². The van der Waals surface area contributed by atoms with Gasteiger partial charge in [0.05, 0.1) is 12.2 Å². The van der Waals surface area contributed by atoms with Crippen molar-refractivity contribution in [1.29, 1.82) is 0 Å². The Morgan fingerprint density at radius 2 is 2.33 bits per heavy atom. The van der Waals surface area contributed by atoms with Gasteiger partial charge in [-0.15, -0.1) is 0 Å². The zero-order valence-electron chi connectivity index (χ0n) is 11.1. The van der Waals surface area contributed by atoms with E-state index in [1.807, 2.05) is 25.1 Å². The first-order valence-electron chi connectivity index (χ1n) is 6.98. The third kappa shape index (κ3) is 3.79. The highest BCUT2D eigenvalue weighted by Crippen LogP contribution is 2.23. The number of nitrogens with zero attached hydrogens (tertiary/aromatic N) is 1. The second-order valence-corrected chi connectivity index (χ2v) is 5.18. The van der Waals surface area contributed by atoms with Gasteiger partial charge in [0.25, 0.3) is 0 Å². The molecule has 1 saturated heterocycles. The molecule has 18 heavy (non-hydrogen) atoms. The van der Waals surface area contributed by atoms with E-state index in [1.165, 1.54) is 12.8 Å². The normalized spacial score (nSPS) is 23.6. The van der Waals surface area contributed by atoms with E-state index in [2.05, 4.69) is 4.98 Å². The van der Waals surface area contributed by atoms with Crippen molar-refractivity contribution in [2.24, 2.45) is 0 Å². The summed E-state index contributed by atoms with van der Waals surface area (Å²) in [5.74, 6) is 0.0924. The van der Waals surface area contributed by atoms with Gasteiger partial charge in [0.2, 0.25) is 0 Å². The lowest BCUT2D eigenvalue weighted by molar-refractivity contribution is 0.000583. The van der Waals surface area contributed by atoms with Crippen molar-refractivity contribution in [1.82, 2.24) is 4.98 Å². The standard InChI is InChI=1S/C15H23NO2/c1-12(14-7-2-4-10-16-14)15(17)9-8-13-6-3-5-11-18-13/h2,4,7,10,12-13,15,17H,3,5-6,8-9,11H2,1H3. The molecule has 0 amide bonds. The first-order chi connectivity index (χ1) is 8.77. The summed E-state index contributed by atoms with van der Waals surface area (Å²) < 4.78 is 5.69. The van der Waals surface area contributed by atoms with E-state index in [1.54, 1.807) is 6.20 Å². The lowest BCUT2D eigenvalue weighted by Gasteiger charge is -2.25. The van der Waals surface area contributed by atoms with Gasteiger partial charge in [-0.3, -0.25) is 4.98 Å². The van der Waals surface area contributed by atoms with Gasteiger partial charge in [-0.25, -0.2) is 0 Å². The van der Waals surface area contributed by atoms with Gasteiger partial charge in [0, 0.05) is 24.4 Å². The molecule has 0 spiro atoms. The molecule has 1 aromatic rings. The summed E-state index contributed by atoms with van der Waals surface area (Å²) in [6, 6.07) is 5.85. The predicted molar refractivity (Wildman–Crippen MR) is 71.5 cm³/mol. The van der Waals surface area contributed by atoms with Crippen LogP contribution in [0.3, 0.4) is 0 Å². The summed E-state index contributed by atoms with van der Waals surface area (Å²) in [7, 11) is 0. The first kappa shape index (κ1) is 13.5. The van der Waals surface area contributed by atoms with Crippen molar-refractivity contribution < 1.29 is 9.84 Å². The van der Waals surface area contributed by atoms with Crippen LogP contribution < -0.4 is 0 Å². The molecule has 3 unspecified atom stereocenters. The number of pyridine rings is 1. The second kappa shape index (κ2) is 6.86. The Kier molecular flexibility index (Phi) is 5.14. The first-order valence-corrected chi connectivity index (χ1v) is 6.98. The molecule has 2 rings (SSSR count). The molecule has 0 radical (unpaired) electrons. The SMILES string of the molecule is CC(c1ccccn1)C(O)CCC1CCCCO1. The van der Waals surface area contributed by atoms with Crippen molar-refractivity contribution in [3.05, 3.63) is 30.1 Å². The van der Waals surface area contributed by atoms with Crippen LogP contribution in [-0.4, -0.2) is 28.9 Å². The minimum Gasteiger partial charge on any atom is -0.392 e. The number of hydrogen-bond acceptors (Lipinski definition) is 3. The zero-order chi connectivity index (χ0) is 12.8. The molecule has 3 heteroatoms. The monoisotopic (exact) mass is 249 g/mol. The molecule has 1 aromatic heterocycles. The number of hydrogen-bond donors (Lipinski definition) is 1. The molecular formula is C15H23NO2. The molecule has 3 atom stereocenters. The van der Waals surface area contributed by atoms with Gasteiger partial charge in [0.15, 0.2) is 0 Å². The third-order valence-corrected chi connectivity index (χ3v) is 3.79. The van der Waals surface area contributed by atoms with E-state index in [4.69, 9.17) is 4.74 Å². The van der Waals surface area contributed by atoms with Gasteiger partial charge in [-0.1, -0.05) is 13.0 Å². The number of aromatic nitrogens is 1. The quantitative estimate of drug-likeness (QED) is 0.872. The predicted octanol–water partition coefficient (Wildman–Crippen LogP) is 2.90. The highest BCUT2D eigenvalue weighted by atomic mass is 16.5. The Morgan fingerprint density at radius 3 is 3.00 bits per heavy atom. The summed E-state index contributed by atoms with van der Waals surface area (Å²) in [5.41, 5.74) is 0.967. The maximum absolute atomic E-state index is 10.2. The highest BCUT2D eigenvalue weighted by molar-refractivity contribution is 5.09. The maximum Gasteiger partial charge on any atom is 0.0622 e.